The lowest BCUT2D eigenvalue weighted by atomic mass is 10.1. The van der Waals surface area contributed by atoms with Crippen molar-refractivity contribution in [2.45, 2.75) is 53.4 Å². The molecule has 0 aliphatic heterocycles. The SMILES string of the molecule is CCCCOc1ccc(C=CC(=O)OCC=C(C)CCC=C(C)C)cc1OC. The van der Waals surface area contributed by atoms with Crippen LogP contribution in [0.15, 0.2) is 47.6 Å². The molecule has 1 rings (SSSR count). The zero-order chi connectivity index (χ0) is 20.8. The number of benzene rings is 1. The Morgan fingerprint density at radius 2 is 1.89 bits per heavy atom. The summed E-state index contributed by atoms with van der Waals surface area (Å²) in [4.78, 5) is 11.9. The average Bonchev–Trinajstić information content (AvgIpc) is 2.66. The third kappa shape index (κ3) is 10.0. The van der Waals surface area contributed by atoms with E-state index in [9.17, 15) is 4.79 Å². The average molecular weight is 387 g/mol. The van der Waals surface area contributed by atoms with Gasteiger partial charge in [0.1, 0.15) is 6.61 Å². The third-order valence-electron chi connectivity index (χ3n) is 4.10. The van der Waals surface area contributed by atoms with Crippen molar-refractivity contribution in [2.24, 2.45) is 0 Å². The van der Waals surface area contributed by atoms with Gasteiger partial charge in [0.15, 0.2) is 11.5 Å². The molecule has 0 unspecified atom stereocenters. The molecule has 0 amide bonds. The van der Waals surface area contributed by atoms with Crippen molar-refractivity contribution in [3.05, 3.63) is 53.1 Å². The van der Waals surface area contributed by atoms with Crippen molar-refractivity contribution in [2.75, 3.05) is 20.3 Å². The maximum absolute atomic E-state index is 11.9. The standard InChI is InChI=1S/C24H34O4/c1-6-7-16-27-22-13-11-21(18-23(22)26-5)12-14-24(25)28-17-15-20(4)10-8-9-19(2)3/h9,11-15,18H,6-8,10,16-17H2,1-5H3. The maximum atomic E-state index is 11.9. The Bertz CT molecular complexity index is 695. The van der Waals surface area contributed by atoms with Crippen LogP contribution >= 0.6 is 0 Å². The number of carbonyl (C=O) groups is 1. The first-order valence-electron chi connectivity index (χ1n) is 9.91. The lowest BCUT2D eigenvalue weighted by molar-refractivity contribution is -0.136. The van der Waals surface area contributed by atoms with Gasteiger partial charge in [-0.3, -0.25) is 0 Å². The van der Waals surface area contributed by atoms with Crippen LogP contribution in [0.2, 0.25) is 0 Å². The molecule has 0 saturated carbocycles. The molecule has 0 N–H and O–H groups in total. The predicted molar refractivity (Wildman–Crippen MR) is 116 cm³/mol. The van der Waals surface area contributed by atoms with E-state index >= 15 is 0 Å². The minimum atomic E-state index is -0.365. The number of hydrogen-bond acceptors (Lipinski definition) is 4. The van der Waals surface area contributed by atoms with E-state index in [1.165, 1.54) is 17.2 Å². The predicted octanol–water partition coefficient (Wildman–Crippen LogP) is 6.12. The number of hydrogen-bond donors (Lipinski definition) is 0. The van der Waals surface area contributed by atoms with Crippen LogP contribution in [0.4, 0.5) is 0 Å². The summed E-state index contributed by atoms with van der Waals surface area (Å²) in [6, 6.07) is 5.59. The van der Waals surface area contributed by atoms with E-state index in [1.54, 1.807) is 13.2 Å². The molecule has 154 valence electrons. The van der Waals surface area contributed by atoms with E-state index in [1.807, 2.05) is 24.3 Å². The number of rotatable bonds is 12. The van der Waals surface area contributed by atoms with Gasteiger partial charge in [0.25, 0.3) is 0 Å². The first-order chi connectivity index (χ1) is 13.5. The largest absolute Gasteiger partial charge is 0.493 e. The van der Waals surface area contributed by atoms with Crippen LogP contribution in [0.1, 0.15) is 58.9 Å². The number of ether oxygens (including phenoxy) is 3. The van der Waals surface area contributed by atoms with Crippen molar-refractivity contribution >= 4 is 12.0 Å². The number of carbonyl (C=O) groups excluding carboxylic acids is 1. The van der Waals surface area contributed by atoms with Gasteiger partial charge >= 0.3 is 5.97 Å². The monoisotopic (exact) mass is 386 g/mol. The van der Waals surface area contributed by atoms with Crippen molar-refractivity contribution in [3.8, 4) is 11.5 Å². The molecular weight excluding hydrogens is 352 g/mol. The number of unbranched alkanes of at least 4 members (excludes halogenated alkanes) is 1. The summed E-state index contributed by atoms with van der Waals surface area (Å²) in [6.07, 6.45) is 11.4. The first kappa shape index (κ1) is 23.5. The molecule has 0 atom stereocenters. The zero-order valence-corrected chi connectivity index (χ0v) is 17.9. The summed E-state index contributed by atoms with van der Waals surface area (Å²) >= 11 is 0. The van der Waals surface area contributed by atoms with Crippen LogP contribution in [-0.2, 0) is 9.53 Å². The number of allylic oxidation sites excluding steroid dienone is 3. The van der Waals surface area contributed by atoms with Crippen molar-refractivity contribution in [1.82, 2.24) is 0 Å². The van der Waals surface area contributed by atoms with Gasteiger partial charge in [0, 0.05) is 6.08 Å². The minimum absolute atomic E-state index is 0.289. The Balaban J connectivity index is 2.51. The molecule has 0 aromatic heterocycles. The fourth-order valence-corrected chi connectivity index (χ4v) is 2.40. The molecule has 0 spiro atoms. The molecule has 0 heterocycles. The normalized spacial score (nSPS) is 11.4. The van der Waals surface area contributed by atoms with E-state index in [0.717, 1.165) is 31.2 Å². The van der Waals surface area contributed by atoms with Crippen molar-refractivity contribution < 1.29 is 19.0 Å². The van der Waals surface area contributed by atoms with Crippen LogP contribution in [0, 0.1) is 0 Å². The Labute approximate surface area is 169 Å². The topological polar surface area (TPSA) is 44.8 Å². The molecule has 28 heavy (non-hydrogen) atoms. The van der Waals surface area contributed by atoms with E-state index in [-0.39, 0.29) is 12.6 Å². The molecule has 0 bridgehead atoms. The van der Waals surface area contributed by atoms with Gasteiger partial charge in [-0.25, -0.2) is 4.79 Å². The third-order valence-corrected chi connectivity index (χ3v) is 4.10. The molecule has 0 fully saturated rings. The maximum Gasteiger partial charge on any atom is 0.331 e. The van der Waals surface area contributed by atoms with Gasteiger partial charge in [-0.05, 0) is 69.9 Å². The van der Waals surface area contributed by atoms with Crippen LogP contribution in [-0.4, -0.2) is 26.3 Å². The quantitative estimate of drug-likeness (QED) is 0.188. The highest BCUT2D eigenvalue weighted by molar-refractivity contribution is 5.87. The summed E-state index contributed by atoms with van der Waals surface area (Å²) < 4.78 is 16.3. The molecule has 4 heteroatoms. The van der Waals surface area contributed by atoms with Gasteiger partial charge in [-0.2, -0.15) is 0 Å². The smallest absolute Gasteiger partial charge is 0.331 e. The second kappa shape index (κ2) is 13.6. The van der Waals surface area contributed by atoms with E-state index in [0.29, 0.717) is 18.1 Å². The summed E-state index contributed by atoms with van der Waals surface area (Å²) in [5.41, 5.74) is 3.39. The number of methoxy groups -OCH3 is 1. The van der Waals surface area contributed by atoms with E-state index in [2.05, 4.69) is 33.8 Å². The Hall–Kier alpha value is -2.49. The number of esters is 1. The summed E-state index contributed by atoms with van der Waals surface area (Å²) in [5, 5.41) is 0. The molecule has 1 aromatic carbocycles. The summed E-state index contributed by atoms with van der Waals surface area (Å²) in [5.74, 6) is 1.00. The van der Waals surface area contributed by atoms with E-state index in [4.69, 9.17) is 14.2 Å². The molecule has 0 aliphatic carbocycles. The Morgan fingerprint density at radius 1 is 1.11 bits per heavy atom. The van der Waals surface area contributed by atoms with Crippen LogP contribution < -0.4 is 9.47 Å². The minimum Gasteiger partial charge on any atom is -0.493 e. The van der Waals surface area contributed by atoms with E-state index < -0.39 is 0 Å². The van der Waals surface area contributed by atoms with Crippen molar-refractivity contribution in [1.29, 1.82) is 0 Å². The van der Waals surface area contributed by atoms with Gasteiger partial charge in [0.2, 0.25) is 0 Å². The van der Waals surface area contributed by atoms with Crippen molar-refractivity contribution in [3.63, 3.8) is 0 Å². The lowest BCUT2D eigenvalue weighted by Gasteiger charge is -2.10. The van der Waals surface area contributed by atoms with Crippen LogP contribution in [0.3, 0.4) is 0 Å². The van der Waals surface area contributed by atoms with Gasteiger partial charge < -0.3 is 14.2 Å². The van der Waals surface area contributed by atoms with Gasteiger partial charge in [-0.1, -0.05) is 36.6 Å². The van der Waals surface area contributed by atoms with Crippen LogP contribution in [0.5, 0.6) is 11.5 Å². The Morgan fingerprint density at radius 3 is 2.57 bits per heavy atom. The summed E-state index contributed by atoms with van der Waals surface area (Å²) in [6.45, 7) is 9.31. The highest BCUT2D eigenvalue weighted by Crippen LogP contribution is 2.28. The highest BCUT2D eigenvalue weighted by atomic mass is 16.5. The molecule has 4 nitrogen and oxygen atoms in total. The molecule has 0 saturated heterocycles. The Kier molecular flexibility index (Phi) is 11.5. The fourth-order valence-electron chi connectivity index (χ4n) is 2.40. The fraction of sp³-hybridized carbons (Fsp3) is 0.458. The second-order valence-corrected chi connectivity index (χ2v) is 6.95. The second-order valence-electron chi connectivity index (χ2n) is 6.95. The van der Waals surface area contributed by atoms with Gasteiger partial charge in [-0.15, -0.1) is 0 Å². The molecule has 0 aliphatic rings. The highest BCUT2D eigenvalue weighted by Gasteiger charge is 2.05. The van der Waals surface area contributed by atoms with Gasteiger partial charge in [0.05, 0.1) is 13.7 Å². The molecule has 1 aromatic rings. The lowest BCUT2D eigenvalue weighted by Crippen LogP contribution is -2.01. The summed E-state index contributed by atoms with van der Waals surface area (Å²) in [7, 11) is 1.61. The zero-order valence-electron chi connectivity index (χ0n) is 17.9. The molecular formula is C24H34O4. The first-order valence-corrected chi connectivity index (χ1v) is 9.91. The van der Waals surface area contributed by atoms with Crippen LogP contribution in [0.25, 0.3) is 6.08 Å². The molecule has 0 radical (unpaired) electrons.